The van der Waals surface area contributed by atoms with Crippen molar-refractivity contribution in [3.8, 4) is 0 Å². The van der Waals surface area contributed by atoms with Gasteiger partial charge in [0.1, 0.15) is 6.61 Å². The van der Waals surface area contributed by atoms with Crippen molar-refractivity contribution in [2.45, 2.75) is 12.2 Å². The maximum absolute atomic E-state index is 11.7. The zero-order chi connectivity index (χ0) is 12.0. The number of ether oxygens (including phenoxy) is 1. The van der Waals surface area contributed by atoms with Crippen LogP contribution in [0, 0.1) is 0 Å². The normalized spacial score (nSPS) is 19.8. The number of halogens is 4. The van der Waals surface area contributed by atoms with Gasteiger partial charge in [0.15, 0.2) is 0 Å². The SMILES string of the molecule is Cl.O=C(NCCOCC(F)(F)F)C1CSCN1. The molecule has 17 heavy (non-hydrogen) atoms. The average Bonchev–Trinajstić information content (AvgIpc) is 2.67. The molecule has 0 bridgehead atoms. The van der Waals surface area contributed by atoms with E-state index in [1.165, 1.54) is 0 Å². The van der Waals surface area contributed by atoms with Crippen LogP contribution >= 0.6 is 24.2 Å². The Morgan fingerprint density at radius 3 is 2.76 bits per heavy atom. The maximum atomic E-state index is 11.7. The van der Waals surface area contributed by atoms with Crippen molar-refractivity contribution in [1.82, 2.24) is 10.6 Å². The number of hydrogen-bond acceptors (Lipinski definition) is 4. The lowest BCUT2D eigenvalue weighted by molar-refractivity contribution is -0.173. The van der Waals surface area contributed by atoms with E-state index in [0.717, 1.165) is 5.88 Å². The van der Waals surface area contributed by atoms with Gasteiger partial charge in [0.25, 0.3) is 0 Å². The summed E-state index contributed by atoms with van der Waals surface area (Å²) in [4.78, 5) is 11.3. The number of thioether (sulfide) groups is 1. The van der Waals surface area contributed by atoms with Gasteiger partial charge in [0.05, 0.1) is 12.6 Å². The Hall–Kier alpha value is -0.180. The van der Waals surface area contributed by atoms with E-state index in [0.29, 0.717) is 5.75 Å². The highest BCUT2D eigenvalue weighted by Crippen LogP contribution is 2.14. The van der Waals surface area contributed by atoms with Crippen LogP contribution in [0.4, 0.5) is 13.2 Å². The van der Waals surface area contributed by atoms with Crippen LogP contribution in [-0.2, 0) is 9.53 Å². The number of alkyl halides is 3. The van der Waals surface area contributed by atoms with Crippen LogP contribution in [0.5, 0.6) is 0 Å². The summed E-state index contributed by atoms with van der Waals surface area (Å²) in [6, 6.07) is -0.243. The Morgan fingerprint density at radius 2 is 2.24 bits per heavy atom. The summed E-state index contributed by atoms with van der Waals surface area (Å²) in [6.07, 6.45) is -4.31. The van der Waals surface area contributed by atoms with Gasteiger partial charge >= 0.3 is 6.18 Å². The van der Waals surface area contributed by atoms with Gasteiger partial charge in [0, 0.05) is 18.2 Å². The predicted molar refractivity (Wildman–Crippen MR) is 61.4 cm³/mol. The molecular weight excluding hydrogens is 281 g/mol. The Labute approximate surface area is 107 Å². The van der Waals surface area contributed by atoms with E-state index >= 15 is 0 Å². The highest BCUT2D eigenvalue weighted by Gasteiger charge is 2.27. The molecule has 1 heterocycles. The lowest BCUT2D eigenvalue weighted by Gasteiger charge is -2.11. The number of nitrogens with one attached hydrogen (secondary N) is 2. The Bertz CT molecular complexity index is 237. The third-order valence-electron chi connectivity index (χ3n) is 1.84. The monoisotopic (exact) mass is 294 g/mol. The highest BCUT2D eigenvalue weighted by molar-refractivity contribution is 7.99. The van der Waals surface area contributed by atoms with Gasteiger partial charge in [-0.25, -0.2) is 0 Å². The number of hydrogen-bond donors (Lipinski definition) is 2. The van der Waals surface area contributed by atoms with Crippen LogP contribution in [0.2, 0.25) is 0 Å². The first kappa shape index (κ1) is 16.8. The Kier molecular flexibility index (Phi) is 7.93. The number of amides is 1. The van der Waals surface area contributed by atoms with E-state index in [2.05, 4.69) is 15.4 Å². The molecule has 0 saturated carbocycles. The van der Waals surface area contributed by atoms with Crippen LogP contribution in [-0.4, -0.2) is 49.5 Å². The maximum Gasteiger partial charge on any atom is 0.411 e. The first-order chi connectivity index (χ1) is 7.49. The molecule has 1 fully saturated rings. The van der Waals surface area contributed by atoms with E-state index in [4.69, 9.17) is 0 Å². The van der Waals surface area contributed by atoms with Gasteiger partial charge in [-0.05, 0) is 0 Å². The number of carbonyl (C=O) groups excluding carboxylic acids is 1. The van der Waals surface area contributed by atoms with E-state index in [-0.39, 0.29) is 37.5 Å². The average molecular weight is 295 g/mol. The third-order valence-corrected chi connectivity index (χ3v) is 2.78. The zero-order valence-electron chi connectivity index (χ0n) is 8.88. The summed E-state index contributed by atoms with van der Waals surface area (Å²) in [6.45, 7) is -1.32. The number of rotatable bonds is 5. The van der Waals surface area contributed by atoms with Crippen molar-refractivity contribution in [1.29, 1.82) is 0 Å². The molecule has 0 aromatic rings. The standard InChI is InChI=1S/C8H13F3N2O2S.ClH/c9-8(10,11)4-15-2-1-12-7(14)6-3-16-5-13-6;/h6,13H,1-5H2,(H,12,14);1H. The molecule has 0 aromatic heterocycles. The molecular formula is C8H14ClF3N2O2S. The summed E-state index contributed by atoms with van der Waals surface area (Å²) < 4.78 is 39.3. The van der Waals surface area contributed by atoms with Crippen LogP contribution in [0.1, 0.15) is 0 Å². The molecule has 1 amide bonds. The first-order valence-corrected chi connectivity index (χ1v) is 5.88. The van der Waals surface area contributed by atoms with E-state index in [1.54, 1.807) is 11.8 Å². The smallest absolute Gasteiger partial charge is 0.370 e. The van der Waals surface area contributed by atoms with Crippen molar-refractivity contribution in [3.63, 3.8) is 0 Å². The van der Waals surface area contributed by atoms with Crippen molar-refractivity contribution in [2.75, 3.05) is 31.4 Å². The van der Waals surface area contributed by atoms with Crippen LogP contribution < -0.4 is 10.6 Å². The molecule has 1 rings (SSSR count). The van der Waals surface area contributed by atoms with Gasteiger partial charge in [-0.1, -0.05) is 0 Å². The number of carbonyl (C=O) groups is 1. The highest BCUT2D eigenvalue weighted by atomic mass is 35.5. The summed E-state index contributed by atoms with van der Waals surface area (Å²) in [5.41, 5.74) is 0. The molecule has 1 aliphatic rings. The third kappa shape index (κ3) is 7.69. The van der Waals surface area contributed by atoms with Crippen molar-refractivity contribution < 1.29 is 22.7 Å². The summed E-state index contributed by atoms with van der Waals surface area (Å²) in [7, 11) is 0. The minimum absolute atomic E-state index is 0. The predicted octanol–water partition coefficient (Wildman–Crippen LogP) is 0.766. The van der Waals surface area contributed by atoms with Crippen molar-refractivity contribution in [3.05, 3.63) is 0 Å². The van der Waals surface area contributed by atoms with Gasteiger partial charge < -0.3 is 10.1 Å². The molecule has 9 heteroatoms. The van der Waals surface area contributed by atoms with Gasteiger partial charge in [0.2, 0.25) is 5.91 Å². The summed E-state index contributed by atoms with van der Waals surface area (Å²) >= 11 is 1.61. The molecule has 1 atom stereocenters. The fraction of sp³-hybridized carbons (Fsp3) is 0.875. The summed E-state index contributed by atoms with van der Waals surface area (Å²) in [5, 5.41) is 5.46. The lowest BCUT2D eigenvalue weighted by atomic mass is 10.3. The Balaban J connectivity index is 0.00000256. The van der Waals surface area contributed by atoms with Crippen molar-refractivity contribution >= 4 is 30.1 Å². The second-order valence-corrected chi connectivity index (χ2v) is 4.26. The van der Waals surface area contributed by atoms with Gasteiger partial charge in [-0.15, -0.1) is 24.2 Å². The zero-order valence-corrected chi connectivity index (χ0v) is 10.5. The molecule has 0 aromatic carbocycles. The molecule has 0 radical (unpaired) electrons. The lowest BCUT2D eigenvalue weighted by Crippen LogP contribution is -2.43. The second-order valence-electron chi connectivity index (χ2n) is 3.23. The first-order valence-electron chi connectivity index (χ1n) is 4.72. The van der Waals surface area contributed by atoms with Gasteiger partial charge in [-0.3, -0.25) is 10.1 Å². The fourth-order valence-electron chi connectivity index (χ4n) is 1.12. The summed E-state index contributed by atoms with van der Waals surface area (Å²) in [5.74, 6) is 1.22. The molecule has 2 N–H and O–H groups in total. The van der Waals surface area contributed by atoms with E-state index in [1.807, 2.05) is 0 Å². The molecule has 0 spiro atoms. The van der Waals surface area contributed by atoms with E-state index < -0.39 is 12.8 Å². The van der Waals surface area contributed by atoms with Crippen LogP contribution in [0.25, 0.3) is 0 Å². The van der Waals surface area contributed by atoms with Gasteiger partial charge in [-0.2, -0.15) is 13.2 Å². The van der Waals surface area contributed by atoms with Crippen LogP contribution in [0.15, 0.2) is 0 Å². The van der Waals surface area contributed by atoms with Crippen molar-refractivity contribution in [2.24, 2.45) is 0 Å². The largest absolute Gasteiger partial charge is 0.411 e. The Morgan fingerprint density at radius 1 is 1.53 bits per heavy atom. The fourth-order valence-corrected chi connectivity index (χ4v) is 2.06. The molecule has 1 saturated heterocycles. The molecule has 102 valence electrons. The second kappa shape index (κ2) is 8.02. The molecule has 1 aliphatic heterocycles. The minimum Gasteiger partial charge on any atom is -0.370 e. The molecule has 0 aliphatic carbocycles. The molecule has 4 nitrogen and oxygen atoms in total. The minimum atomic E-state index is -4.31. The topological polar surface area (TPSA) is 50.4 Å². The quantitative estimate of drug-likeness (QED) is 0.735. The van der Waals surface area contributed by atoms with E-state index in [9.17, 15) is 18.0 Å². The van der Waals surface area contributed by atoms with Crippen LogP contribution in [0.3, 0.4) is 0 Å². The molecule has 1 unspecified atom stereocenters.